The SMILES string of the molecule is COc1cccc2c1CCNC2Cc1cc(F)ccc1F. The third-order valence-corrected chi connectivity index (χ3v) is 3.96. The first-order valence-corrected chi connectivity index (χ1v) is 7.02. The Labute approximate surface area is 122 Å². The molecule has 0 saturated carbocycles. The third kappa shape index (κ3) is 2.76. The van der Waals surface area contributed by atoms with Crippen LogP contribution < -0.4 is 10.1 Å². The molecule has 1 unspecified atom stereocenters. The smallest absolute Gasteiger partial charge is 0.126 e. The summed E-state index contributed by atoms with van der Waals surface area (Å²) in [6.07, 6.45) is 1.30. The Balaban J connectivity index is 1.94. The van der Waals surface area contributed by atoms with Gasteiger partial charge in [-0.1, -0.05) is 12.1 Å². The predicted octanol–water partition coefficient (Wildman–Crippen LogP) is 3.40. The fourth-order valence-corrected chi connectivity index (χ4v) is 2.95. The molecule has 2 aromatic carbocycles. The zero-order valence-corrected chi connectivity index (χ0v) is 11.8. The number of methoxy groups -OCH3 is 1. The van der Waals surface area contributed by atoms with Crippen LogP contribution >= 0.6 is 0 Å². The molecular formula is C17H17F2NO. The maximum Gasteiger partial charge on any atom is 0.126 e. The Bertz CT molecular complexity index is 657. The van der Waals surface area contributed by atoms with Crippen molar-refractivity contribution in [2.45, 2.75) is 18.9 Å². The van der Waals surface area contributed by atoms with Gasteiger partial charge < -0.3 is 10.1 Å². The Morgan fingerprint density at radius 2 is 2.10 bits per heavy atom. The van der Waals surface area contributed by atoms with Crippen LogP contribution in [0, 0.1) is 11.6 Å². The van der Waals surface area contributed by atoms with Gasteiger partial charge in [-0.2, -0.15) is 0 Å². The molecule has 2 aromatic rings. The molecule has 3 rings (SSSR count). The summed E-state index contributed by atoms with van der Waals surface area (Å²) in [5, 5.41) is 3.38. The zero-order valence-electron chi connectivity index (χ0n) is 11.8. The number of fused-ring (bicyclic) bond motifs is 1. The van der Waals surface area contributed by atoms with Crippen LogP contribution in [0.5, 0.6) is 5.75 Å². The zero-order chi connectivity index (χ0) is 14.8. The van der Waals surface area contributed by atoms with Crippen molar-refractivity contribution in [2.75, 3.05) is 13.7 Å². The fourth-order valence-electron chi connectivity index (χ4n) is 2.95. The molecule has 1 heterocycles. The van der Waals surface area contributed by atoms with Crippen molar-refractivity contribution in [1.82, 2.24) is 5.32 Å². The summed E-state index contributed by atoms with van der Waals surface area (Å²) in [7, 11) is 1.65. The number of benzene rings is 2. The third-order valence-electron chi connectivity index (χ3n) is 3.96. The van der Waals surface area contributed by atoms with Gasteiger partial charge in [0.25, 0.3) is 0 Å². The molecule has 0 aromatic heterocycles. The molecule has 1 atom stereocenters. The lowest BCUT2D eigenvalue weighted by Gasteiger charge is -2.28. The van der Waals surface area contributed by atoms with Gasteiger partial charge in [0.1, 0.15) is 17.4 Å². The van der Waals surface area contributed by atoms with Gasteiger partial charge in [-0.3, -0.25) is 0 Å². The molecule has 4 heteroatoms. The van der Waals surface area contributed by atoms with E-state index >= 15 is 0 Å². The largest absolute Gasteiger partial charge is 0.496 e. The average molecular weight is 289 g/mol. The molecule has 21 heavy (non-hydrogen) atoms. The molecule has 0 aliphatic carbocycles. The highest BCUT2D eigenvalue weighted by Crippen LogP contribution is 2.32. The maximum absolute atomic E-state index is 13.8. The minimum atomic E-state index is -0.409. The lowest BCUT2D eigenvalue weighted by atomic mass is 9.89. The van der Waals surface area contributed by atoms with Crippen LogP contribution in [0.1, 0.15) is 22.7 Å². The highest BCUT2D eigenvalue weighted by molar-refractivity contribution is 5.44. The molecule has 1 aliphatic heterocycles. The Morgan fingerprint density at radius 3 is 2.90 bits per heavy atom. The van der Waals surface area contributed by atoms with Gasteiger partial charge in [-0.15, -0.1) is 0 Å². The summed E-state index contributed by atoms with van der Waals surface area (Å²) < 4.78 is 32.5. The van der Waals surface area contributed by atoms with E-state index in [1.807, 2.05) is 18.2 Å². The highest BCUT2D eigenvalue weighted by Gasteiger charge is 2.23. The van der Waals surface area contributed by atoms with E-state index in [4.69, 9.17) is 4.74 Å². The van der Waals surface area contributed by atoms with Gasteiger partial charge in [-0.05, 0) is 54.8 Å². The minimum Gasteiger partial charge on any atom is -0.496 e. The van der Waals surface area contributed by atoms with Crippen LogP contribution in [0.4, 0.5) is 8.78 Å². The van der Waals surface area contributed by atoms with Gasteiger partial charge in [0.15, 0.2) is 0 Å². The van der Waals surface area contributed by atoms with Crippen LogP contribution in [-0.2, 0) is 12.8 Å². The normalized spacial score (nSPS) is 17.4. The lowest BCUT2D eigenvalue weighted by Crippen LogP contribution is -2.31. The molecule has 1 N–H and O–H groups in total. The van der Waals surface area contributed by atoms with Gasteiger partial charge in [0.2, 0.25) is 0 Å². The summed E-state index contributed by atoms with van der Waals surface area (Å²) in [6, 6.07) is 9.45. The minimum absolute atomic E-state index is 0.0276. The highest BCUT2D eigenvalue weighted by atomic mass is 19.1. The number of halogens is 2. The van der Waals surface area contributed by atoms with Crippen LogP contribution in [0.15, 0.2) is 36.4 Å². The molecule has 2 nitrogen and oxygen atoms in total. The lowest BCUT2D eigenvalue weighted by molar-refractivity contribution is 0.399. The van der Waals surface area contributed by atoms with Crippen molar-refractivity contribution in [1.29, 1.82) is 0 Å². The van der Waals surface area contributed by atoms with Gasteiger partial charge in [0, 0.05) is 11.6 Å². The standard InChI is InChI=1S/C17H17F2NO/c1-21-17-4-2-3-13-14(17)7-8-20-16(13)10-11-9-12(18)5-6-15(11)19/h2-6,9,16,20H,7-8,10H2,1H3. The summed E-state index contributed by atoms with van der Waals surface area (Å²) in [5.74, 6) is 0.0833. The quantitative estimate of drug-likeness (QED) is 0.935. The van der Waals surface area contributed by atoms with Crippen LogP contribution in [0.2, 0.25) is 0 Å². The number of rotatable bonds is 3. The van der Waals surface area contributed by atoms with E-state index in [1.165, 1.54) is 12.1 Å². The van der Waals surface area contributed by atoms with Crippen LogP contribution in [-0.4, -0.2) is 13.7 Å². The number of hydrogen-bond donors (Lipinski definition) is 1. The first-order chi connectivity index (χ1) is 10.2. The second-order valence-electron chi connectivity index (χ2n) is 5.22. The molecule has 0 fully saturated rings. The first kappa shape index (κ1) is 14.0. The molecule has 110 valence electrons. The van der Waals surface area contributed by atoms with Crippen molar-refractivity contribution in [3.63, 3.8) is 0 Å². The van der Waals surface area contributed by atoms with E-state index in [1.54, 1.807) is 7.11 Å². The van der Waals surface area contributed by atoms with E-state index in [0.717, 1.165) is 35.9 Å². The van der Waals surface area contributed by atoms with Crippen LogP contribution in [0.25, 0.3) is 0 Å². The van der Waals surface area contributed by atoms with E-state index < -0.39 is 5.82 Å². The van der Waals surface area contributed by atoms with Crippen molar-refractivity contribution in [3.05, 3.63) is 64.7 Å². The van der Waals surface area contributed by atoms with Crippen LogP contribution in [0.3, 0.4) is 0 Å². The Kier molecular flexibility index (Phi) is 3.88. The summed E-state index contributed by atoms with van der Waals surface area (Å²) in [6.45, 7) is 0.801. The molecule has 0 bridgehead atoms. The molecule has 0 spiro atoms. The van der Waals surface area contributed by atoms with E-state index in [0.29, 0.717) is 12.0 Å². The summed E-state index contributed by atoms with van der Waals surface area (Å²) >= 11 is 0. The Morgan fingerprint density at radius 1 is 1.24 bits per heavy atom. The fraction of sp³-hybridized carbons (Fsp3) is 0.294. The van der Waals surface area contributed by atoms with Gasteiger partial charge in [-0.25, -0.2) is 8.78 Å². The van der Waals surface area contributed by atoms with Crippen molar-refractivity contribution >= 4 is 0 Å². The second-order valence-corrected chi connectivity index (χ2v) is 5.22. The number of nitrogens with one attached hydrogen (secondary N) is 1. The van der Waals surface area contributed by atoms with Crippen molar-refractivity contribution in [2.24, 2.45) is 0 Å². The van der Waals surface area contributed by atoms with Gasteiger partial charge in [0.05, 0.1) is 7.11 Å². The molecule has 0 saturated heterocycles. The number of hydrogen-bond acceptors (Lipinski definition) is 2. The average Bonchev–Trinajstić information content (AvgIpc) is 2.50. The summed E-state index contributed by atoms with van der Waals surface area (Å²) in [4.78, 5) is 0. The molecule has 0 radical (unpaired) electrons. The predicted molar refractivity (Wildman–Crippen MR) is 77.5 cm³/mol. The second kappa shape index (κ2) is 5.82. The number of ether oxygens (including phenoxy) is 1. The molecule has 0 amide bonds. The van der Waals surface area contributed by atoms with E-state index in [9.17, 15) is 8.78 Å². The monoisotopic (exact) mass is 289 g/mol. The van der Waals surface area contributed by atoms with Gasteiger partial charge >= 0.3 is 0 Å². The van der Waals surface area contributed by atoms with E-state index in [2.05, 4.69) is 5.32 Å². The first-order valence-electron chi connectivity index (χ1n) is 7.02. The summed E-state index contributed by atoms with van der Waals surface area (Å²) in [5.41, 5.74) is 2.65. The van der Waals surface area contributed by atoms with E-state index in [-0.39, 0.29) is 11.9 Å². The maximum atomic E-state index is 13.8. The molecular weight excluding hydrogens is 272 g/mol. The topological polar surface area (TPSA) is 21.3 Å². The van der Waals surface area contributed by atoms with Crippen molar-refractivity contribution in [3.8, 4) is 5.75 Å². The molecule has 1 aliphatic rings. The Hall–Kier alpha value is -1.94. The van der Waals surface area contributed by atoms with Crippen molar-refractivity contribution < 1.29 is 13.5 Å².